The molecule has 0 atom stereocenters. The molecular formula is C10H13ClN6O. The summed E-state index contributed by atoms with van der Waals surface area (Å²) in [5.74, 6) is 0.619. The molecule has 0 unspecified atom stereocenters. The Hall–Kier alpha value is -1.89. The van der Waals surface area contributed by atoms with Crippen molar-refractivity contribution in [3.8, 4) is 0 Å². The number of aryl methyl sites for hydroxylation is 2. The first-order valence-electron chi connectivity index (χ1n) is 5.45. The van der Waals surface area contributed by atoms with Crippen molar-refractivity contribution in [3.05, 3.63) is 33.7 Å². The van der Waals surface area contributed by atoms with Crippen LogP contribution in [0.4, 0.5) is 5.69 Å². The van der Waals surface area contributed by atoms with Crippen LogP contribution in [0.2, 0.25) is 5.02 Å². The highest BCUT2D eigenvalue weighted by Crippen LogP contribution is 2.15. The smallest absolute Gasteiger partial charge is 0.287 e. The fraction of sp³-hybridized carbons (Fsp3) is 0.400. The molecule has 96 valence electrons. The molecule has 0 aliphatic rings. The molecule has 0 spiro atoms. The van der Waals surface area contributed by atoms with E-state index in [9.17, 15) is 4.79 Å². The van der Waals surface area contributed by atoms with Gasteiger partial charge in [-0.15, -0.1) is 0 Å². The van der Waals surface area contributed by atoms with E-state index in [4.69, 9.17) is 11.6 Å². The van der Waals surface area contributed by atoms with Gasteiger partial charge >= 0.3 is 0 Å². The molecule has 0 aromatic carbocycles. The Morgan fingerprint density at radius 3 is 2.89 bits per heavy atom. The molecule has 0 saturated carbocycles. The van der Waals surface area contributed by atoms with Crippen molar-refractivity contribution in [1.82, 2.24) is 24.5 Å². The predicted molar refractivity (Wildman–Crippen MR) is 67.5 cm³/mol. The van der Waals surface area contributed by atoms with Crippen molar-refractivity contribution in [2.24, 2.45) is 7.05 Å². The van der Waals surface area contributed by atoms with E-state index in [1.54, 1.807) is 18.1 Å². The van der Waals surface area contributed by atoms with Crippen LogP contribution in [0.1, 0.15) is 12.7 Å². The second kappa shape index (κ2) is 5.18. The van der Waals surface area contributed by atoms with Crippen LogP contribution >= 0.6 is 11.6 Å². The molecule has 0 fully saturated rings. The molecule has 18 heavy (non-hydrogen) atoms. The average Bonchev–Trinajstić information content (AvgIpc) is 2.77. The number of hydrogen-bond acceptors (Lipinski definition) is 5. The van der Waals surface area contributed by atoms with E-state index in [0.29, 0.717) is 24.6 Å². The van der Waals surface area contributed by atoms with Crippen LogP contribution in [0, 0.1) is 0 Å². The first-order valence-corrected chi connectivity index (χ1v) is 5.83. The van der Waals surface area contributed by atoms with Crippen LogP contribution in [0.5, 0.6) is 0 Å². The van der Waals surface area contributed by atoms with Crippen LogP contribution in [0.3, 0.4) is 0 Å². The maximum atomic E-state index is 11.7. The Kier molecular flexibility index (Phi) is 3.61. The second-order valence-corrected chi connectivity index (χ2v) is 4.06. The van der Waals surface area contributed by atoms with Crippen molar-refractivity contribution in [2.75, 3.05) is 5.32 Å². The van der Waals surface area contributed by atoms with Gasteiger partial charge in [0.15, 0.2) is 5.82 Å². The van der Waals surface area contributed by atoms with Gasteiger partial charge in [0, 0.05) is 13.6 Å². The fourth-order valence-electron chi connectivity index (χ4n) is 1.45. The van der Waals surface area contributed by atoms with Crippen LogP contribution in [-0.2, 0) is 20.1 Å². The van der Waals surface area contributed by atoms with E-state index in [-0.39, 0.29) is 10.6 Å². The minimum Gasteiger partial charge on any atom is -0.375 e. The van der Waals surface area contributed by atoms with E-state index < -0.39 is 0 Å². The molecule has 1 N–H and O–H groups in total. The summed E-state index contributed by atoms with van der Waals surface area (Å²) >= 11 is 5.97. The average molecular weight is 269 g/mol. The van der Waals surface area contributed by atoms with Gasteiger partial charge in [-0.1, -0.05) is 11.6 Å². The number of rotatable bonds is 4. The van der Waals surface area contributed by atoms with E-state index in [0.717, 1.165) is 0 Å². The third-order valence-electron chi connectivity index (χ3n) is 2.37. The van der Waals surface area contributed by atoms with Crippen LogP contribution in [0.25, 0.3) is 0 Å². The Balaban J connectivity index is 2.15. The second-order valence-electron chi connectivity index (χ2n) is 3.68. The molecular weight excluding hydrogens is 256 g/mol. The monoisotopic (exact) mass is 268 g/mol. The maximum Gasteiger partial charge on any atom is 0.287 e. The Morgan fingerprint density at radius 1 is 1.50 bits per heavy atom. The Labute approximate surface area is 108 Å². The fourth-order valence-corrected chi connectivity index (χ4v) is 1.67. The number of nitrogens with zero attached hydrogens (tertiary/aromatic N) is 5. The SMILES string of the molecule is CCn1ncc(NCc2ncn(C)n2)c(Cl)c1=O. The summed E-state index contributed by atoms with van der Waals surface area (Å²) in [6.45, 7) is 2.70. The van der Waals surface area contributed by atoms with Gasteiger partial charge in [-0.3, -0.25) is 9.48 Å². The van der Waals surface area contributed by atoms with Crippen LogP contribution in [-0.4, -0.2) is 24.5 Å². The largest absolute Gasteiger partial charge is 0.375 e. The van der Waals surface area contributed by atoms with E-state index in [2.05, 4.69) is 20.5 Å². The Morgan fingerprint density at radius 2 is 2.28 bits per heavy atom. The standard InChI is InChI=1S/C10H13ClN6O/c1-3-17-10(18)9(11)7(4-14-17)12-5-8-13-6-16(2)15-8/h4,6,12H,3,5H2,1-2H3. The molecule has 0 aliphatic carbocycles. The van der Waals surface area contributed by atoms with Crippen molar-refractivity contribution in [2.45, 2.75) is 20.0 Å². The van der Waals surface area contributed by atoms with Crippen LogP contribution < -0.4 is 10.9 Å². The highest BCUT2D eigenvalue weighted by Gasteiger charge is 2.08. The summed E-state index contributed by atoms with van der Waals surface area (Å²) in [5, 5.41) is 11.2. The number of aromatic nitrogens is 5. The highest BCUT2D eigenvalue weighted by atomic mass is 35.5. The van der Waals surface area contributed by atoms with Crippen LogP contribution in [0.15, 0.2) is 17.3 Å². The number of hydrogen-bond donors (Lipinski definition) is 1. The van der Waals surface area contributed by atoms with Crippen molar-refractivity contribution in [3.63, 3.8) is 0 Å². The third kappa shape index (κ3) is 2.51. The number of halogens is 1. The molecule has 0 radical (unpaired) electrons. The van der Waals surface area contributed by atoms with Gasteiger partial charge in [-0.05, 0) is 6.92 Å². The maximum absolute atomic E-state index is 11.7. The van der Waals surface area contributed by atoms with Gasteiger partial charge in [0.1, 0.15) is 11.3 Å². The minimum atomic E-state index is -0.307. The summed E-state index contributed by atoms with van der Waals surface area (Å²) < 4.78 is 2.90. The van der Waals surface area contributed by atoms with Gasteiger partial charge in [-0.2, -0.15) is 10.2 Å². The van der Waals surface area contributed by atoms with E-state index in [1.807, 2.05) is 6.92 Å². The van der Waals surface area contributed by atoms with Gasteiger partial charge in [0.05, 0.1) is 18.4 Å². The zero-order chi connectivity index (χ0) is 13.1. The van der Waals surface area contributed by atoms with E-state index >= 15 is 0 Å². The molecule has 0 aliphatic heterocycles. The normalized spacial score (nSPS) is 10.6. The zero-order valence-electron chi connectivity index (χ0n) is 10.1. The zero-order valence-corrected chi connectivity index (χ0v) is 10.8. The summed E-state index contributed by atoms with van der Waals surface area (Å²) in [6, 6.07) is 0. The lowest BCUT2D eigenvalue weighted by Gasteiger charge is -2.07. The van der Waals surface area contributed by atoms with Crippen molar-refractivity contribution in [1.29, 1.82) is 0 Å². The highest BCUT2D eigenvalue weighted by molar-refractivity contribution is 6.32. The minimum absolute atomic E-state index is 0.128. The molecule has 0 amide bonds. The lowest BCUT2D eigenvalue weighted by Crippen LogP contribution is -2.23. The van der Waals surface area contributed by atoms with Crippen molar-refractivity contribution >= 4 is 17.3 Å². The lowest BCUT2D eigenvalue weighted by atomic mass is 10.4. The van der Waals surface area contributed by atoms with Gasteiger partial charge in [0.2, 0.25) is 0 Å². The topological polar surface area (TPSA) is 77.6 Å². The molecule has 7 nitrogen and oxygen atoms in total. The molecule has 2 aromatic rings. The molecule has 8 heteroatoms. The summed E-state index contributed by atoms with van der Waals surface area (Å²) in [5.41, 5.74) is 0.178. The number of anilines is 1. The quantitative estimate of drug-likeness (QED) is 0.881. The van der Waals surface area contributed by atoms with Gasteiger partial charge < -0.3 is 5.32 Å². The predicted octanol–water partition coefficient (Wildman–Crippen LogP) is 0.657. The Bertz CT molecular complexity index is 605. The molecule has 0 saturated heterocycles. The lowest BCUT2D eigenvalue weighted by molar-refractivity contribution is 0.616. The van der Waals surface area contributed by atoms with E-state index in [1.165, 1.54) is 10.9 Å². The molecule has 2 aromatic heterocycles. The summed E-state index contributed by atoms with van der Waals surface area (Å²) in [6.07, 6.45) is 3.13. The summed E-state index contributed by atoms with van der Waals surface area (Å²) in [7, 11) is 1.79. The molecule has 2 heterocycles. The van der Waals surface area contributed by atoms with Gasteiger partial charge in [-0.25, -0.2) is 9.67 Å². The molecule has 0 bridgehead atoms. The third-order valence-corrected chi connectivity index (χ3v) is 2.73. The molecule has 2 rings (SSSR count). The first-order chi connectivity index (χ1) is 8.61. The first kappa shape index (κ1) is 12.6. The van der Waals surface area contributed by atoms with Gasteiger partial charge in [0.25, 0.3) is 5.56 Å². The number of nitrogens with one attached hydrogen (secondary N) is 1. The van der Waals surface area contributed by atoms with Crippen molar-refractivity contribution < 1.29 is 0 Å². The summed E-state index contributed by atoms with van der Waals surface area (Å²) in [4.78, 5) is 15.8.